The lowest BCUT2D eigenvalue weighted by Gasteiger charge is -2.34. The molecule has 0 aliphatic carbocycles. The molecule has 1 fully saturated rings. The zero-order chi connectivity index (χ0) is 21.3. The Balaban J connectivity index is 1.53. The quantitative estimate of drug-likeness (QED) is 0.624. The molecule has 10 heteroatoms. The SMILES string of the molecule is CC(C)c1nc(N(C)C)nc(N2CCN(c3oc(-c4ccco4)nc3C#N)CC2)n1. The van der Waals surface area contributed by atoms with Crippen LogP contribution in [-0.4, -0.2) is 60.2 Å². The summed E-state index contributed by atoms with van der Waals surface area (Å²) in [4.78, 5) is 24.1. The van der Waals surface area contributed by atoms with Gasteiger partial charge in [0.15, 0.2) is 5.76 Å². The third-order valence-electron chi connectivity index (χ3n) is 4.84. The van der Waals surface area contributed by atoms with Crippen LogP contribution in [0, 0.1) is 11.3 Å². The molecule has 0 saturated carbocycles. The van der Waals surface area contributed by atoms with Crippen molar-refractivity contribution in [1.29, 1.82) is 5.26 Å². The van der Waals surface area contributed by atoms with E-state index in [0.29, 0.717) is 55.6 Å². The number of nitrogens with zero attached hydrogens (tertiary/aromatic N) is 8. The average molecular weight is 408 g/mol. The van der Waals surface area contributed by atoms with Crippen LogP contribution in [0.1, 0.15) is 31.3 Å². The Morgan fingerprint density at radius 1 is 1.07 bits per heavy atom. The largest absolute Gasteiger partial charge is 0.459 e. The van der Waals surface area contributed by atoms with Gasteiger partial charge in [-0.15, -0.1) is 0 Å². The number of anilines is 3. The fourth-order valence-electron chi connectivity index (χ4n) is 3.18. The predicted octanol–water partition coefficient (Wildman–Crippen LogP) is 2.51. The first-order valence-corrected chi connectivity index (χ1v) is 9.84. The number of rotatable bonds is 5. The Morgan fingerprint density at radius 3 is 2.40 bits per heavy atom. The predicted molar refractivity (Wildman–Crippen MR) is 112 cm³/mol. The van der Waals surface area contributed by atoms with Crippen LogP contribution in [0.25, 0.3) is 11.7 Å². The van der Waals surface area contributed by atoms with Crippen molar-refractivity contribution in [2.45, 2.75) is 19.8 Å². The highest BCUT2D eigenvalue weighted by Gasteiger charge is 2.27. The third kappa shape index (κ3) is 3.78. The van der Waals surface area contributed by atoms with E-state index in [2.05, 4.69) is 44.8 Å². The number of oxazole rings is 1. The Labute approximate surface area is 174 Å². The van der Waals surface area contributed by atoms with E-state index in [1.807, 2.05) is 23.9 Å². The summed E-state index contributed by atoms with van der Waals surface area (Å²) in [6.07, 6.45) is 1.55. The van der Waals surface area contributed by atoms with Crippen LogP contribution in [0.2, 0.25) is 0 Å². The molecule has 0 radical (unpaired) electrons. The number of aromatic nitrogens is 4. The number of hydrogen-bond donors (Lipinski definition) is 0. The van der Waals surface area contributed by atoms with Crippen LogP contribution in [-0.2, 0) is 0 Å². The molecule has 0 spiro atoms. The maximum absolute atomic E-state index is 9.48. The molecule has 1 aliphatic rings. The van der Waals surface area contributed by atoms with Crippen LogP contribution >= 0.6 is 0 Å². The molecule has 30 heavy (non-hydrogen) atoms. The molecule has 0 amide bonds. The van der Waals surface area contributed by atoms with Crippen LogP contribution in [0.3, 0.4) is 0 Å². The van der Waals surface area contributed by atoms with E-state index < -0.39 is 0 Å². The third-order valence-corrected chi connectivity index (χ3v) is 4.84. The van der Waals surface area contributed by atoms with Gasteiger partial charge >= 0.3 is 0 Å². The second kappa shape index (κ2) is 8.02. The number of piperazine rings is 1. The minimum atomic E-state index is 0.208. The van der Waals surface area contributed by atoms with Crippen molar-refractivity contribution in [3.05, 3.63) is 29.9 Å². The van der Waals surface area contributed by atoms with Crippen molar-refractivity contribution >= 4 is 17.8 Å². The Hall–Kier alpha value is -3.61. The molecule has 1 saturated heterocycles. The summed E-state index contributed by atoms with van der Waals surface area (Å²) < 4.78 is 11.2. The van der Waals surface area contributed by atoms with Crippen molar-refractivity contribution in [2.24, 2.45) is 0 Å². The van der Waals surface area contributed by atoms with Crippen LogP contribution in [0.15, 0.2) is 27.2 Å². The summed E-state index contributed by atoms with van der Waals surface area (Å²) in [6, 6.07) is 5.63. The summed E-state index contributed by atoms with van der Waals surface area (Å²) in [5.41, 5.74) is 0.256. The molecule has 0 bridgehead atoms. The van der Waals surface area contributed by atoms with Crippen LogP contribution < -0.4 is 14.7 Å². The molecule has 156 valence electrons. The van der Waals surface area contributed by atoms with Crippen molar-refractivity contribution in [3.8, 4) is 17.7 Å². The fraction of sp³-hybridized carbons (Fsp3) is 0.450. The molecule has 0 atom stereocenters. The summed E-state index contributed by atoms with van der Waals surface area (Å²) in [5, 5.41) is 9.48. The maximum Gasteiger partial charge on any atom is 0.266 e. The summed E-state index contributed by atoms with van der Waals surface area (Å²) in [5.74, 6) is 3.58. The topological polar surface area (TPSA) is 111 Å². The normalized spacial score (nSPS) is 14.3. The van der Waals surface area contributed by atoms with Gasteiger partial charge in [-0.3, -0.25) is 0 Å². The first-order chi connectivity index (χ1) is 14.5. The summed E-state index contributed by atoms with van der Waals surface area (Å²) in [6.45, 7) is 6.83. The van der Waals surface area contributed by atoms with Gasteiger partial charge in [0.2, 0.25) is 23.5 Å². The van der Waals surface area contributed by atoms with Crippen molar-refractivity contribution in [1.82, 2.24) is 19.9 Å². The molecular weight excluding hydrogens is 384 g/mol. The highest BCUT2D eigenvalue weighted by Crippen LogP contribution is 2.29. The lowest BCUT2D eigenvalue weighted by molar-refractivity contribution is 0.500. The maximum atomic E-state index is 9.48. The van der Waals surface area contributed by atoms with Gasteiger partial charge in [0.1, 0.15) is 11.9 Å². The minimum absolute atomic E-state index is 0.208. The first-order valence-electron chi connectivity index (χ1n) is 9.84. The molecule has 0 unspecified atom stereocenters. The second-order valence-corrected chi connectivity index (χ2v) is 7.58. The lowest BCUT2D eigenvalue weighted by atomic mass is 10.2. The van der Waals surface area contributed by atoms with Crippen molar-refractivity contribution in [2.75, 3.05) is 55.0 Å². The highest BCUT2D eigenvalue weighted by molar-refractivity contribution is 5.56. The molecule has 10 nitrogen and oxygen atoms in total. The standard InChI is InChI=1S/C20H24N8O2/c1-13(2)16-23-19(26(3)4)25-20(24-16)28-9-7-27(8-10-28)18-14(12-21)22-17(30-18)15-6-5-11-29-15/h5-6,11,13H,7-10H2,1-4H3. The summed E-state index contributed by atoms with van der Waals surface area (Å²) in [7, 11) is 3.84. The first kappa shape index (κ1) is 19.7. The van der Waals surface area contributed by atoms with Gasteiger partial charge < -0.3 is 23.5 Å². The van der Waals surface area contributed by atoms with Crippen molar-refractivity contribution < 1.29 is 8.83 Å². The highest BCUT2D eigenvalue weighted by atomic mass is 16.4. The Kier molecular flexibility index (Phi) is 5.27. The van der Waals surface area contributed by atoms with Gasteiger partial charge in [-0.1, -0.05) is 13.8 Å². The zero-order valence-corrected chi connectivity index (χ0v) is 17.5. The molecular formula is C20H24N8O2. The van der Waals surface area contributed by atoms with E-state index in [1.54, 1.807) is 18.4 Å². The van der Waals surface area contributed by atoms with E-state index in [0.717, 1.165) is 5.82 Å². The Bertz CT molecular complexity index is 1020. The molecule has 0 aromatic carbocycles. The van der Waals surface area contributed by atoms with E-state index in [1.165, 1.54) is 0 Å². The average Bonchev–Trinajstić information content (AvgIpc) is 3.43. The minimum Gasteiger partial charge on any atom is -0.459 e. The van der Waals surface area contributed by atoms with Gasteiger partial charge in [-0.2, -0.15) is 25.2 Å². The molecule has 4 heterocycles. The smallest absolute Gasteiger partial charge is 0.266 e. The molecule has 3 aromatic heterocycles. The van der Waals surface area contributed by atoms with E-state index >= 15 is 0 Å². The number of hydrogen-bond acceptors (Lipinski definition) is 10. The van der Waals surface area contributed by atoms with Gasteiger partial charge in [0, 0.05) is 46.2 Å². The van der Waals surface area contributed by atoms with Crippen LogP contribution in [0.4, 0.5) is 17.8 Å². The van der Waals surface area contributed by atoms with Gasteiger partial charge in [-0.25, -0.2) is 0 Å². The number of furan rings is 1. The zero-order valence-electron chi connectivity index (χ0n) is 17.5. The van der Waals surface area contributed by atoms with E-state index in [-0.39, 0.29) is 11.6 Å². The van der Waals surface area contributed by atoms with Crippen molar-refractivity contribution in [3.63, 3.8) is 0 Å². The molecule has 1 aliphatic heterocycles. The van der Waals surface area contributed by atoms with Gasteiger partial charge in [0.25, 0.3) is 5.89 Å². The number of nitriles is 1. The van der Waals surface area contributed by atoms with Gasteiger partial charge in [-0.05, 0) is 12.1 Å². The lowest BCUT2D eigenvalue weighted by Crippen LogP contribution is -2.47. The summed E-state index contributed by atoms with van der Waals surface area (Å²) >= 11 is 0. The van der Waals surface area contributed by atoms with Gasteiger partial charge in [0.05, 0.1) is 6.26 Å². The fourth-order valence-corrected chi connectivity index (χ4v) is 3.18. The molecule has 4 rings (SSSR count). The van der Waals surface area contributed by atoms with E-state index in [4.69, 9.17) is 8.83 Å². The molecule has 3 aromatic rings. The molecule has 0 N–H and O–H groups in total. The Morgan fingerprint density at radius 2 is 1.80 bits per heavy atom. The van der Waals surface area contributed by atoms with E-state index in [9.17, 15) is 5.26 Å². The second-order valence-electron chi connectivity index (χ2n) is 7.58. The van der Waals surface area contributed by atoms with Crippen LogP contribution in [0.5, 0.6) is 0 Å². The monoisotopic (exact) mass is 408 g/mol.